The molecular weight excluding hydrogens is 347 g/mol. The molecule has 4 rings (SSSR count). The summed E-state index contributed by atoms with van der Waals surface area (Å²) >= 11 is 1.35. The number of carbonyl (C=O) groups is 2. The van der Waals surface area contributed by atoms with Crippen molar-refractivity contribution in [2.75, 3.05) is 5.32 Å². The van der Waals surface area contributed by atoms with Crippen molar-refractivity contribution in [3.63, 3.8) is 0 Å². The SMILES string of the molecule is O=C1CCC(C(=O)Nc2nc3scc(-c4ccc(F)cc4)n3n2)=NN1. The lowest BCUT2D eigenvalue weighted by molar-refractivity contribution is -0.121. The molecule has 25 heavy (non-hydrogen) atoms. The molecule has 0 fully saturated rings. The van der Waals surface area contributed by atoms with Gasteiger partial charge in [-0.05, 0) is 24.3 Å². The number of nitrogens with zero attached hydrogens (tertiary/aromatic N) is 4. The van der Waals surface area contributed by atoms with E-state index in [-0.39, 0.29) is 36.2 Å². The van der Waals surface area contributed by atoms with Crippen LogP contribution in [0.15, 0.2) is 34.7 Å². The number of aromatic nitrogens is 3. The van der Waals surface area contributed by atoms with Gasteiger partial charge in [-0.3, -0.25) is 14.9 Å². The van der Waals surface area contributed by atoms with Gasteiger partial charge in [0.1, 0.15) is 11.5 Å². The molecule has 3 heterocycles. The number of hydrogen-bond donors (Lipinski definition) is 2. The minimum absolute atomic E-state index is 0.139. The molecule has 10 heteroatoms. The molecule has 2 aromatic heterocycles. The van der Waals surface area contributed by atoms with Gasteiger partial charge in [0.25, 0.3) is 11.9 Å². The molecule has 0 saturated carbocycles. The molecule has 0 radical (unpaired) electrons. The predicted octanol–water partition coefficient (Wildman–Crippen LogP) is 1.80. The molecule has 2 amide bonds. The van der Waals surface area contributed by atoms with Gasteiger partial charge in [-0.2, -0.15) is 10.1 Å². The summed E-state index contributed by atoms with van der Waals surface area (Å²) in [4.78, 5) is 28.0. The van der Waals surface area contributed by atoms with Crippen molar-refractivity contribution in [2.24, 2.45) is 5.10 Å². The first-order valence-corrected chi connectivity index (χ1v) is 8.25. The van der Waals surface area contributed by atoms with Crippen LogP contribution < -0.4 is 10.7 Å². The molecule has 1 aliphatic rings. The van der Waals surface area contributed by atoms with Crippen LogP contribution in [0.25, 0.3) is 16.2 Å². The molecule has 3 aromatic rings. The average Bonchev–Trinajstić information content (AvgIpc) is 3.16. The number of thiazole rings is 1. The van der Waals surface area contributed by atoms with E-state index in [0.29, 0.717) is 4.96 Å². The third-order valence-corrected chi connectivity index (χ3v) is 4.43. The van der Waals surface area contributed by atoms with E-state index in [9.17, 15) is 14.0 Å². The Morgan fingerprint density at radius 1 is 1.28 bits per heavy atom. The Kier molecular flexibility index (Phi) is 3.73. The van der Waals surface area contributed by atoms with Crippen molar-refractivity contribution < 1.29 is 14.0 Å². The Bertz CT molecular complexity index is 1010. The summed E-state index contributed by atoms with van der Waals surface area (Å²) < 4.78 is 14.7. The van der Waals surface area contributed by atoms with Crippen LogP contribution in [0.2, 0.25) is 0 Å². The van der Waals surface area contributed by atoms with Crippen molar-refractivity contribution >= 4 is 39.8 Å². The highest BCUT2D eigenvalue weighted by Crippen LogP contribution is 2.26. The highest BCUT2D eigenvalue weighted by atomic mass is 32.1. The average molecular weight is 358 g/mol. The highest BCUT2D eigenvalue weighted by Gasteiger charge is 2.20. The number of carbonyl (C=O) groups excluding carboxylic acids is 2. The Morgan fingerprint density at radius 2 is 2.08 bits per heavy atom. The number of benzene rings is 1. The van der Waals surface area contributed by atoms with Crippen molar-refractivity contribution in [2.45, 2.75) is 12.8 Å². The van der Waals surface area contributed by atoms with Crippen LogP contribution in [-0.4, -0.2) is 32.1 Å². The quantitative estimate of drug-likeness (QED) is 0.745. The Morgan fingerprint density at radius 3 is 2.80 bits per heavy atom. The first-order valence-electron chi connectivity index (χ1n) is 7.37. The van der Waals surface area contributed by atoms with Gasteiger partial charge in [-0.1, -0.05) is 0 Å². The molecule has 126 valence electrons. The van der Waals surface area contributed by atoms with Gasteiger partial charge in [0.15, 0.2) is 0 Å². The zero-order valence-electron chi connectivity index (χ0n) is 12.7. The summed E-state index contributed by atoms with van der Waals surface area (Å²) in [6, 6.07) is 6.04. The summed E-state index contributed by atoms with van der Waals surface area (Å²) in [7, 11) is 0. The molecular formula is C15H11FN6O2S. The fraction of sp³-hybridized carbons (Fsp3) is 0.133. The molecule has 0 bridgehead atoms. The standard InChI is InChI=1S/C15H11FN6O2S/c16-9-3-1-8(2-4-9)11-7-25-15-18-14(21-22(11)15)17-13(24)10-5-6-12(23)20-19-10/h1-4,7H,5-6H2,(H,20,23)(H,17,21,24). The number of rotatable bonds is 3. The van der Waals surface area contributed by atoms with Crippen LogP contribution in [-0.2, 0) is 9.59 Å². The van der Waals surface area contributed by atoms with Crippen molar-refractivity contribution in [1.29, 1.82) is 0 Å². The Balaban J connectivity index is 1.59. The largest absolute Gasteiger partial charge is 0.288 e. The number of hydrazone groups is 1. The number of halogens is 1. The van der Waals surface area contributed by atoms with Gasteiger partial charge in [-0.25, -0.2) is 14.3 Å². The van der Waals surface area contributed by atoms with Crippen molar-refractivity contribution in [1.82, 2.24) is 20.0 Å². The topological polar surface area (TPSA) is 101 Å². The fourth-order valence-corrected chi connectivity index (χ4v) is 3.20. The normalized spacial score (nSPS) is 14.3. The monoisotopic (exact) mass is 358 g/mol. The van der Waals surface area contributed by atoms with Gasteiger partial charge in [0.2, 0.25) is 10.9 Å². The number of hydrogen-bond acceptors (Lipinski definition) is 6. The molecule has 0 saturated heterocycles. The second kappa shape index (κ2) is 6.06. The lowest BCUT2D eigenvalue weighted by Gasteiger charge is -2.10. The van der Waals surface area contributed by atoms with Crippen LogP contribution in [0, 0.1) is 5.82 Å². The number of amides is 2. The van der Waals surface area contributed by atoms with E-state index in [0.717, 1.165) is 11.3 Å². The minimum atomic E-state index is -0.457. The van der Waals surface area contributed by atoms with Crippen LogP contribution in [0.5, 0.6) is 0 Å². The zero-order chi connectivity index (χ0) is 17.4. The summed E-state index contributed by atoms with van der Waals surface area (Å²) in [6.07, 6.45) is 0.480. The highest BCUT2D eigenvalue weighted by molar-refractivity contribution is 7.15. The van der Waals surface area contributed by atoms with Crippen LogP contribution in [0.3, 0.4) is 0 Å². The Labute approximate surface area is 144 Å². The second-order valence-electron chi connectivity index (χ2n) is 5.31. The maximum atomic E-state index is 13.1. The third-order valence-electron chi connectivity index (χ3n) is 3.61. The first-order chi connectivity index (χ1) is 12.1. The minimum Gasteiger partial charge on any atom is -0.288 e. The van der Waals surface area contributed by atoms with E-state index in [1.54, 1.807) is 16.6 Å². The summed E-state index contributed by atoms with van der Waals surface area (Å²) in [5.74, 6) is -0.857. The Hall–Kier alpha value is -3.14. The van der Waals surface area contributed by atoms with E-state index in [1.807, 2.05) is 5.38 Å². The van der Waals surface area contributed by atoms with Gasteiger partial charge < -0.3 is 0 Å². The molecule has 8 nitrogen and oxygen atoms in total. The molecule has 2 N–H and O–H groups in total. The summed E-state index contributed by atoms with van der Waals surface area (Å²) in [5, 5.41) is 12.4. The van der Waals surface area contributed by atoms with Gasteiger partial charge >= 0.3 is 0 Å². The molecule has 0 unspecified atom stereocenters. The number of nitrogens with one attached hydrogen (secondary N) is 2. The lowest BCUT2D eigenvalue weighted by atomic mass is 10.2. The maximum Gasteiger partial charge on any atom is 0.274 e. The summed E-state index contributed by atoms with van der Waals surface area (Å²) in [5.41, 5.74) is 4.02. The van der Waals surface area contributed by atoms with E-state index in [4.69, 9.17) is 0 Å². The predicted molar refractivity (Wildman–Crippen MR) is 89.7 cm³/mol. The fourth-order valence-electron chi connectivity index (χ4n) is 2.36. The van der Waals surface area contributed by atoms with E-state index in [1.165, 1.54) is 23.5 Å². The third kappa shape index (κ3) is 2.98. The molecule has 0 aliphatic carbocycles. The van der Waals surface area contributed by atoms with E-state index >= 15 is 0 Å². The van der Waals surface area contributed by atoms with Gasteiger partial charge in [0, 0.05) is 23.8 Å². The van der Waals surface area contributed by atoms with Gasteiger partial charge in [-0.15, -0.1) is 16.4 Å². The van der Waals surface area contributed by atoms with Crippen LogP contribution >= 0.6 is 11.3 Å². The zero-order valence-corrected chi connectivity index (χ0v) is 13.5. The van der Waals surface area contributed by atoms with E-state index < -0.39 is 5.91 Å². The molecule has 0 atom stereocenters. The maximum absolute atomic E-state index is 13.1. The van der Waals surface area contributed by atoms with Gasteiger partial charge in [0.05, 0.1) is 5.69 Å². The second-order valence-corrected chi connectivity index (χ2v) is 6.14. The van der Waals surface area contributed by atoms with Crippen LogP contribution in [0.4, 0.5) is 10.3 Å². The first kappa shape index (κ1) is 15.4. The number of anilines is 1. The number of fused-ring (bicyclic) bond motifs is 1. The van der Waals surface area contributed by atoms with Crippen molar-refractivity contribution in [3.8, 4) is 11.3 Å². The van der Waals surface area contributed by atoms with Crippen LogP contribution in [0.1, 0.15) is 12.8 Å². The molecule has 1 aliphatic heterocycles. The van der Waals surface area contributed by atoms with E-state index in [2.05, 4.69) is 25.9 Å². The molecule has 0 spiro atoms. The summed E-state index contributed by atoms with van der Waals surface area (Å²) in [6.45, 7) is 0. The lowest BCUT2D eigenvalue weighted by Crippen LogP contribution is -2.33. The molecule has 1 aromatic carbocycles. The van der Waals surface area contributed by atoms with Crippen molar-refractivity contribution in [3.05, 3.63) is 35.5 Å². The smallest absolute Gasteiger partial charge is 0.274 e.